The molecule has 0 atom stereocenters. The van der Waals surface area contributed by atoms with Gasteiger partial charge in [0.25, 0.3) is 0 Å². The number of hydrogen-bond acceptors (Lipinski definition) is 2. The zero-order valence-corrected chi connectivity index (χ0v) is 7.11. The van der Waals surface area contributed by atoms with Gasteiger partial charge in [-0.05, 0) is 12.5 Å². The van der Waals surface area contributed by atoms with Crippen molar-refractivity contribution in [3.8, 4) is 0 Å². The summed E-state index contributed by atoms with van der Waals surface area (Å²) in [6.07, 6.45) is 1.02. The van der Waals surface area contributed by atoms with Gasteiger partial charge in [-0.25, -0.2) is 4.98 Å². The molecule has 1 nitrogen and oxygen atoms in total. The summed E-state index contributed by atoms with van der Waals surface area (Å²) in [5, 5.41) is 1.20. The molecule has 1 aromatic heterocycles. The highest BCUT2D eigenvalue weighted by Crippen LogP contribution is 2.20. The molecule has 0 bridgehead atoms. The van der Waals surface area contributed by atoms with Crippen LogP contribution in [-0.4, -0.2) is 4.98 Å². The van der Waals surface area contributed by atoms with Crippen LogP contribution < -0.4 is 0 Å². The lowest BCUT2D eigenvalue weighted by atomic mass is 10.3. The van der Waals surface area contributed by atoms with Gasteiger partial charge in [0.15, 0.2) is 0 Å². The first kappa shape index (κ1) is 6.80. The normalized spacial score (nSPS) is 10.6. The fourth-order valence-electron chi connectivity index (χ4n) is 1.01. The van der Waals surface area contributed by atoms with Gasteiger partial charge < -0.3 is 0 Å². The summed E-state index contributed by atoms with van der Waals surface area (Å²) in [6, 6.07) is 9.10. The molecule has 1 radical (unpaired) electrons. The third-order valence-electron chi connectivity index (χ3n) is 1.56. The van der Waals surface area contributed by atoms with Crippen LogP contribution >= 0.6 is 11.3 Å². The van der Waals surface area contributed by atoms with E-state index in [9.17, 15) is 0 Å². The smallest absolute Gasteiger partial charge is 0.0936 e. The third kappa shape index (κ3) is 1.14. The summed E-state index contributed by atoms with van der Waals surface area (Å²) in [6.45, 7) is 2.12. The third-order valence-corrected chi connectivity index (χ3v) is 2.73. The van der Waals surface area contributed by atoms with Crippen molar-refractivity contribution in [2.75, 3.05) is 0 Å². The van der Waals surface area contributed by atoms with E-state index in [0.29, 0.717) is 0 Å². The molecule has 0 N–H and O–H groups in total. The lowest BCUT2D eigenvalue weighted by Gasteiger charge is -1.79. The molecule has 0 aliphatic heterocycles. The van der Waals surface area contributed by atoms with Crippen LogP contribution in [0.4, 0.5) is 0 Å². The predicted molar refractivity (Wildman–Crippen MR) is 47.8 cm³/mol. The number of para-hydroxylation sites is 1. The van der Waals surface area contributed by atoms with Crippen molar-refractivity contribution in [1.82, 2.24) is 4.98 Å². The van der Waals surface area contributed by atoms with Crippen LogP contribution in [-0.2, 0) is 6.42 Å². The van der Waals surface area contributed by atoms with Crippen molar-refractivity contribution in [2.45, 2.75) is 13.3 Å². The minimum atomic E-state index is 1.01. The van der Waals surface area contributed by atoms with Crippen molar-refractivity contribution in [3.63, 3.8) is 0 Å². The van der Waals surface area contributed by atoms with Crippen molar-refractivity contribution in [1.29, 1.82) is 0 Å². The first-order valence-electron chi connectivity index (χ1n) is 3.66. The van der Waals surface area contributed by atoms with Gasteiger partial charge in [0.1, 0.15) is 0 Å². The quantitative estimate of drug-likeness (QED) is 0.628. The molecule has 2 aromatic rings. The van der Waals surface area contributed by atoms with Crippen LogP contribution in [0.25, 0.3) is 10.2 Å². The van der Waals surface area contributed by atoms with Crippen molar-refractivity contribution in [2.24, 2.45) is 0 Å². The van der Waals surface area contributed by atoms with E-state index in [1.807, 2.05) is 12.1 Å². The molecule has 0 saturated heterocycles. The zero-order valence-electron chi connectivity index (χ0n) is 6.29. The Hall–Kier alpha value is -0.890. The lowest BCUT2D eigenvalue weighted by Crippen LogP contribution is -1.73. The summed E-state index contributed by atoms with van der Waals surface area (Å²) in [4.78, 5) is 4.39. The van der Waals surface area contributed by atoms with Gasteiger partial charge in [0.2, 0.25) is 0 Å². The van der Waals surface area contributed by atoms with Gasteiger partial charge >= 0.3 is 0 Å². The second-order valence-corrected chi connectivity index (χ2v) is 3.46. The molecule has 0 saturated carbocycles. The van der Waals surface area contributed by atoms with Crippen LogP contribution in [0.1, 0.15) is 11.9 Å². The van der Waals surface area contributed by atoms with Gasteiger partial charge in [-0.1, -0.05) is 19.1 Å². The average molecular weight is 162 g/mol. The molecule has 55 valence electrons. The van der Waals surface area contributed by atoms with E-state index >= 15 is 0 Å². The molecule has 0 fully saturated rings. The first-order chi connectivity index (χ1) is 5.40. The number of benzene rings is 1. The highest BCUT2D eigenvalue weighted by atomic mass is 32.1. The minimum Gasteiger partial charge on any atom is -0.241 e. The molecular weight excluding hydrogens is 154 g/mol. The lowest BCUT2D eigenvalue weighted by molar-refractivity contribution is 1.11. The van der Waals surface area contributed by atoms with E-state index in [1.54, 1.807) is 11.3 Å². The Labute approximate surface area is 69.7 Å². The molecule has 1 aromatic carbocycles. The second kappa shape index (κ2) is 2.62. The summed E-state index contributed by atoms with van der Waals surface area (Å²) in [7, 11) is 0. The number of nitrogens with zero attached hydrogens (tertiary/aromatic N) is 1. The van der Waals surface area contributed by atoms with Gasteiger partial charge in [-0.3, -0.25) is 0 Å². The topological polar surface area (TPSA) is 12.9 Å². The van der Waals surface area contributed by atoms with Crippen LogP contribution in [0.5, 0.6) is 0 Å². The van der Waals surface area contributed by atoms with Crippen LogP contribution in [0.3, 0.4) is 0 Å². The number of thiazole rings is 1. The number of rotatable bonds is 1. The Bertz CT molecular complexity index is 331. The van der Waals surface area contributed by atoms with E-state index in [0.717, 1.165) is 11.9 Å². The fourth-order valence-corrected chi connectivity index (χ4v) is 1.89. The number of hydrogen-bond donors (Lipinski definition) is 0. The van der Waals surface area contributed by atoms with Gasteiger partial charge in [0.05, 0.1) is 15.2 Å². The summed E-state index contributed by atoms with van der Waals surface area (Å²) in [5.41, 5.74) is 1.01. The molecule has 0 aliphatic rings. The Balaban J connectivity index is 2.69. The number of fused-ring (bicyclic) bond motifs is 1. The second-order valence-electron chi connectivity index (χ2n) is 2.34. The standard InChI is InChI=1S/C9H8NS/c1-2-9-10-7-5-3-4-6-8(7)11-9/h3-4,6H,2H2,1H3. The summed E-state index contributed by atoms with van der Waals surface area (Å²) < 4.78 is 1.24. The summed E-state index contributed by atoms with van der Waals surface area (Å²) >= 11 is 1.75. The van der Waals surface area contributed by atoms with Gasteiger partial charge in [0, 0.05) is 6.07 Å². The Morgan fingerprint density at radius 3 is 3.27 bits per heavy atom. The first-order valence-corrected chi connectivity index (χ1v) is 4.48. The average Bonchev–Trinajstić information content (AvgIpc) is 2.46. The van der Waals surface area contributed by atoms with Gasteiger partial charge in [-0.15, -0.1) is 11.3 Å². The zero-order chi connectivity index (χ0) is 7.68. The minimum absolute atomic E-state index is 1.01. The molecule has 0 spiro atoms. The SMILES string of the molecule is CCc1nc2[c]cccc2s1. The Morgan fingerprint density at radius 2 is 2.55 bits per heavy atom. The molecule has 0 amide bonds. The maximum Gasteiger partial charge on any atom is 0.0936 e. The molecule has 2 rings (SSSR count). The fraction of sp³-hybridized carbons (Fsp3) is 0.222. The van der Waals surface area contributed by atoms with Crippen molar-refractivity contribution >= 4 is 21.6 Å². The van der Waals surface area contributed by atoms with E-state index in [4.69, 9.17) is 0 Å². The largest absolute Gasteiger partial charge is 0.241 e. The van der Waals surface area contributed by atoms with Crippen molar-refractivity contribution < 1.29 is 0 Å². The molecule has 11 heavy (non-hydrogen) atoms. The molecule has 0 aliphatic carbocycles. The highest BCUT2D eigenvalue weighted by molar-refractivity contribution is 7.18. The molecule has 1 heterocycles. The van der Waals surface area contributed by atoms with Crippen LogP contribution in [0.15, 0.2) is 18.2 Å². The number of aryl methyl sites for hydroxylation is 1. The molecular formula is C9H8NS. The van der Waals surface area contributed by atoms with E-state index in [1.165, 1.54) is 9.71 Å². The van der Waals surface area contributed by atoms with E-state index < -0.39 is 0 Å². The predicted octanol–water partition coefficient (Wildman–Crippen LogP) is 2.66. The highest BCUT2D eigenvalue weighted by Gasteiger charge is 1.99. The molecule has 2 heteroatoms. The molecule has 0 unspecified atom stereocenters. The van der Waals surface area contributed by atoms with Gasteiger partial charge in [-0.2, -0.15) is 0 Å². The van der Waals surface area contributed by atoms with E-state index in [-0.39, 0.29) is 0 Å². The summed E-state index contributed by atoms with van der Waals surface area (Å²) in [5.74, 6) is 0. The van der Waals surface area contributed by atoms with E-state index in [2.05, 4.69) is 24.0 Å². The Kier molecular flexibility index (Phi) is 1.62. The maximum absolute atomic E-state index is 4.39. The maximum atomic E-state index is 4.39. The van der Waals surface area contributed by atoms with Crippen LogP contribution in [0.2, 0.25) is 0 Å². The Morgan fingerprint density at radius 1 is 1.64 bits per heavy atom. The van der Waals surface area contributed by atoms with Crippen LogP contribution in [0, 0.1) is 6.07 Å². The number of aromatic nitrogens is 1. The van der Waals surface area contributed by atoms with Crippen molar-refractivity contribution in [3.05, 3.63) is 29.3 Å². The monoisotopic (exact) mass is 162 g/mol.